The standard InChI is InChI=1S/C53H99NO5/c1-3-5-7-9-11-13-15-16-23-27-31-35-39-43-47-53(58)59-48-44-40-36-32-28-24-21-19-17-18-20-22-26-30-34-38-42-46-52(57)54-50(49-55)51(56)45-41-37-33-29-25-14-12-10-8-6-4-2/h17,19,24,28,41,45,50-51,55-56H,3-16,18,20-23,25-27,29-40,42-44,46-49H2,1-2H3,(H,54,57)/b19-17-,28-24-,45-41+. The average Bonchev–Trinajstić information content (AvgIpc) is 3.24. The van der Waals surface area contributed by atoms with E-state index in [0.717, 1.165) is 83.5 Å². The first-order valence-electron chi connectivity index (χ1n) is 25.8. The molecule has 0 spiro atoms. The van der Waals surface area contributed by atoms with Crippen molar-refractivity contribution in [2.75, 3.05) is 13.2 Å². The molecular formula is C53H99NO5. The molecule has 3 N–H and O–H groups in total. The van der Waals surface area contributed by atoms with Gasteiger partial charge in [-0.25, -0.2) is 0 Å². The Balaban J connectivity index is 3.51. The fourth-order valence-corrected chi connectivity index (χ4v) is 7.66. The number of carbonyl (C=O) groups is 2. The van der Waals surface area contributed by atoms with Gasteiger partial charge in [-0.05, 0) is 70.6 Å². The number of hydrogen-bond donors (Lipinski definition) is 3. The number of aliphatic hydroxyl groups excluding tert-OH is 2. The lowest BCUT2D eigenvalue weighted by atomic mass is 10.0. The van der Waals surface area contributed by atoms with Gasteiger partial charge in [-0.3, -0.25) is 9.59 Å². The highest BCUT2D eigenvalue weighted by Crippen LogP contribution is 2.15. The van der Waals surface area contributed by atoms with E-state index < -0.39 is 12.1 Å². The maximum absolute atomic E-state index is 12.4. The summed E-state index contributed by atoms with van der Waals surface area (Å²) in [6.45, 7) is 4.84. The fraction of sp³-hybridized carbons (Fsp3) is 0.849. The van der Waals surface area contributed by atoms with Gasteiger partial charge in [-0.1, -0.05) is 217 Å². The minimum Gasteiger partial charge on any atom is -0.466 e. The second-order valence-corrected chi connectivity index (χ2v) is 17.5. The van der Waals surface area contributed by atoms with E-state index in [1.165, 1.54) is 154 Å². The molecule has 2 atom stereocenters. The van der Waals surface area contributed by atoms with Crippen LogP contribution in [-0.4, -0.2) is 47.4 Å². The zero-order valence-corrected chi connectivity index (χ0v) is 39.2. The van der Waals surface area contributed by atoms with Gasteiger partial charge in [-0.15, -0.1) is 0 Å². The minimum absolute atomic E-state index is 0.0149. The molecule has 0 aliphatic rings. The van der Waals surface area contributed by atoms with Crippen LogP contribution in [0.3, 0.4) is 0 Å². The number of esters is 1. The van der Waals surface area contributed by atoms with Gasteiger partial charge in [0.25, 0.3) is 0 Å². The van der Waals surface area contributed by atoms with Gasteiger partial charge in [0.05, 0.1) is 25.4 Å². The lowest BCUT2D eigenvalue weighted by molar-refractivity contribution is -0.143. The predicted octanol–water partition coefficient (Wildman–Crippen LogP) is 15.3. The molecule has 0 saturated carbocycles. The summed E-state index contributed by atoms with van der Waals surface area (Å²) in [5.41, 5.74) is 0. The second kappa shape index (κ2) is 48.7. The third-order valence-electron chi connectivity index (χ3n) is 11.7. The van der Waals surface area contributed by atoms with E-state index in [1.807, 2.05) is 6.08 Å². The Bertz CT molecular complexity index is 962. The van der Waals surface area contributed by atoms with Gasteiger partial charge in [0.2, 0.25) is 5.91 Å². The molecule has 0 aromatic heterocycles. The Morgan fingerprint density at radius 1 is 0.475 bits per heavy atom. The van der Waals surface area contributed by atoms with Crippen molar-refractivity contribution in [1.82, 2.24) is 5.32 Å². The number of carbonyl (C=O) groups excluding carboxylic acids is 2. The van der Waals surface area contributed by atoms with Gasteiger partial charge >= 0.3 is 5.97 Å². The van der Waals surface area contributed by atoms with E-state index >= 15 is 0 Å². The normalized spacial score (nSPS) is 12.9. The number of allylic oxidation sites excluding steroid dienone is 5. The smallest absolute Gasteiger partial charge is 0.305 e. The van der Waals surface area contributed by atoms with Crippen molar-refractivity contribution in [3.63, 3.8) is 0 Å². The molecule has 346 valence electrons. The minimum atomic E-state index is -0.853. The van der Waals surface area contributed by atoms with Gasteiger partial charge < -0.3 is 20.3 Å². The molecule has 0 aromatic carbocycles. The van der Waals surface area contributed by atoms with E-state index in [9.17, 15) is 19.8 Å². The maximum atomic E-state index is 12.4. The second-order valence-electron chi connectivity index (χ2n) is 17.5. The number of hydrogen-bond acceptors (Lipinski definition) is 5. The number of nitrogens with one attached hydrogen (secondary N) is 1. The molecular weight excluding hydrogens is 731 g/mol. The van der Waals surface area contributed by atoms with Gasteiger partial charge in [-0.2, -0.15) is 0 Å². The molecule has 2 unspecified atom stereocenters. The Morgan fingerprint density at radius 3 is 1.29 bits per heavy atom. The van der Waals surface area contributed by atoms with E-state index in [2.05, 4.69) is 43.5 Å². The van der Waals surface area contributed by atoms with E-state index in [-0.39, 0.29) is 18.5 Å². The summed E-state index contributed by atoms with van der Waals surface area (Å²) in [6.07, 6.45) is 58.6. The lowest BCUT2D eigenvalue weighted by Gasteiger charge is -2.20. The summed E-state index contributed by atoms with van der Waals surface area (Å²) < 4.78 is 5.44. The number of aliphatic hydroxyl groups is 2. The number of amides is 1. The first kappa shape index (κ1) is 57.1. The highest BCUT2D eigenvalue weighted by molar-refractivity contribution is 5.76. The quantitative estimate of drug-likeness (QED) is 0.0323. The maximum Gasteiger partial charge on any atom is 0.305 e. The summed E-state index contributed by atoms with van der Waals surface area (Å²) in [6, 6.07) is -0.638. The molecule has 0 aliphatic heterocycles. The topological polar surface area (TPSA) is 95.9 Å². The van der Waals surface area contributed by atoms with Gasteiger partial charge in [0, 0.05) is 12.8 Å². The molecule has 1 amide bonds. The molecule has 0 radical (unpaired) electrons. The Kier molecular flexibility index (Phi) is 47.2. The van der Waals surface area contributed by atoms with Crippen LogP contribution in [0, 0.1) is 0 Å². The molecule has 0 heterocycles. The van der Waals surface area contributed by atoms with Crippen LogP contribution in [0.25, 0.3) is 0 Å². The Labute approximate surface area is 366 Å². The van der Waals surface area contributed by atoms with Gasteiger partial charge in [0.15, 0.2) is 0 Å². The van der Waals surface area contributed by atoms with Crippen LogP contribution in [0.5, 0.6) is 0 Å². The first-order valence-corrected chi connectivity index (χ1v) is 25.8. The van der Waals surface area contributed by atoms with Crippen LogP contribution in [0.15, 0.2) is 36.5 Å². The van der Waals surface area contributed by atoms with E-state index in [1.54, 1.807) is 6.08 Å². The highest BCUT2D eigenvalue weighted by Gasteiger charge is 2.18. The summed E-state index contributed by atoms with van der Waals surface area (Å²) in [5.74, 6) is -0.101. The largest absolute Gasteiger partial charge is 0.466 e. The summed E-state index contributed by atoms with van der Waals surface area (Å²) in [4.78, 5) is 24.4. The zero-order valence-electron chi connectivity index (χ0n) is 39.2. The molecule has 59 heavy (non-hydrogen) atoms. The highest BCUT2D eigenvalue weighted by atomic mass is 16.5. The third kappa shape index (κ3) is 45.4. The van der Waals surface area contributed by atoms with Crippen molar-refractivity contribution in [3.05, 3.63) is 36.5 Å². The summed E-state index contributed by atoms with van der Waals surface area (Å²) in [5, 5.41) is 22.9. The average molecular weight is 830 g/mol. The number of ether oxygens (including phenoxy) is 1. The van der Waals surface area contributed by atoms with E-state index in [0.29, 0.717) is 19.4 Å². The monoisotopic (exact) mass is 830 g/mol. The molecule has 0 rings (SSSR count). The molecule has 0 bridgehead atoms. The molecule has 0 saturated heterocycles. The lowest BCUT2D eigenvalue weighted by Crippen LogP contribution is -2.45. The van der Waals surface area contributed by atoms with Crippen LogP contribution in [0.2, 0.25) is 0 Å². The number of unbranched alkanes of at least 4 members (excludes halogenated alkanes) is 32. The first-order chi connectivity index (χ1) is 29.0. The van der Waals surface area contributed by atoms with Crippen molar-refractivity contribution >= 4 is 11.9 Å². The molecule has 6 heteroatoms. The van der Waals surface area contributed by atoms with Crippen LogP contribution >= 0.6 is 0 Å². The zero-order chi connectivity index (χ0) is 43.0. The van der Waals surface area contributed by atoms with Gasteiger partial charge in [0.1, 0.15) is 0 Å². The Hall–Kier alpha value is -1.92. The van der Waals surface area contributed by atoms with Crippen molar-refractivity contribution < 1.29 is 24.5 Å². The fourth-order valence-electron chi connectivity index (χ4n) is 7.66. The number of rotatable bonds is 47. The van der Waals surface area contributed by atoms with Crippen molar-refractivity contribution in [1.29, 1.82) is 0 Å². The van der Waals surface area contributed by atoms with Crippen molar-refractivity contribution in [3.8, 4) is 0 Å². The van der Waals surface area contributed by atoms with Crippen LogP contribution < -0.4 is 5.32 Å². The SMILES string of the molecule is CCCCCCCCCCC/C=C/C(O)C(CO)NC(=O)CCCCCCCCC/C=C\C/C=C\CCCCCOC(=O)CCCCCCCCCCCCCCCC. The molecule has 0 fully saturated rings. The molecule has 0 aromatic rings. The Morgan fingerprint density at radius 2 is 0.847 bits per heavy atom. The predicted molar refractivity (Wildman–Crippen MR) is 255 cm³/mol. The van der Waals surface area contributed by atoms with Crippen LogP contribution in [0.4, 0.5) is 0 Å². The summed E-state index contributed by atoms with van der Waals surface area (Å²) >= 11 is 0. The van der Waals surface area contributed by atoms with E-state index in [4.69, 9.17) is 4.74 Å². The van der Waals surface area contributed by atoms with Crippen molar-refractivity contribution in [2.24, 2.45) is 0 Å². The molecule has 6 nitrogen and oxygen atoms in total. The van der Waals surface area contributed by atoms with Crippen LogP contribution in [0.1, 0.15) is 264 Å². The van der Waals surface area contributed by atoms with Crippen molar-refractivity contribution in [2.45, 2.75) is 276 Å². The van der Waals surface area contributed by atoms with Crippen LogP contribution in [-0.2, 0) is 14.3 Å². The third-order valence-corrected chi connectivity index (χ3v) is 11.7. The molecule has 0 aliphatic carbocycles. The summed E-state index contributed by atoms with van der Waals surface area (Å²) in [7, 11) is 0.